The maximum atomic E-state index is 13.7. The van der Waals surface area contributed by atoms with Crippen LogP contribution in [0.4, 0.5) is 10.1 Å². The smallest absolute Gasteiger partial charge is 0.241 e. The third-order valence-corrected chi connectivity index (χ3v) is 5.56. The minimum Gasteiger partial charge on any atom is -0.346 e. The largest absolute Gasteiger partial charge is 0.346 e. The molecule has 1 atom stereocenters. The van der Waals surface area contributed by atoms with Crippen molar-refractivity contribution in [1.82, 2.24) is 9.47 Å². The van der Waals surface area contributed by atoms with Gasteiger partial charge in [0, 0.05) is 36.2 Å². The van der Waals surface area contributed by atoms with Crippen molar-refractivity contribution in [2.45, 2.75) is 52.6 Å². The summed E-state index contributed by atoms with van der Waals surface area (Å²) in [5.41, 5.74) is 3.69. The second-order valence-corrected chi connectivity index (χ2v) is 7.38. The van der Waals surface area contributed by atoms with E-state index in [2.05, 4.69) is 40.8 Å². The summed E-state index contributed by atoms with van der Waals surface area (Å²) in [6.07, 6.45) is 2.07. The molecule has 2 aromatic rings. The normalized spacial score (nSPS) is 17.3. The Bertz CT molecular complexity index is 771. The van der Waals surface area contributed by atoms with Crippen LogP contribution >= 0.6 is 0 Å². The number of likely N-dealkylation sites (tertiary alicyclic amines) is 1. The lowest BCUT2D eigenvalue weighted by Gasteiger charge is -2.36. The highest BCUT2D eigenvalue weighted by atomic mass is 19.1. The van der Waals surface area contributed by atoms with E-state index in [0.29, 0.717) is 17.3 Å². The third-order valence-electron chi connectivity index (χ3n) is 5.56. The van der Waals surface area contributed by atoms with E-state index in [0.717, 1.165) is 25.9 Å². The van der Waals surface area contributed by atoms with Crippen LogP contribution in [0.15, 0.2) is 30.3 Å². The van der Waals surface area contributed by atoms with E-state index in [1.54, 1.807) is 19.1 Å². The molecule has 0 radical (unpaired) electrons. The summed E-state index contributed by atoms with van der Waals surface area (Å²) >= 11 is 0. The van der Waals surface area contributed by atoms with Gasteiger partial charge in [-0.3, -0.25) is 9.69 Å². The van der Waals surface area contributed by atoms with Crippen LogP contribution in [0.3, 0.4) is 0 Å². The molecule has 1 N–H and O–H groups in total. The molecule has 1 amide bonds. The number of rotatable bonds is 4. The lowest BCUT2D eigenvalue weighted by atomic mass is 10.0. The van der Waals surface area contributed by atoms with Crippen molar-refractivity contribution in [3.05, 3.63) is 53.1 Å². The van der Waals surface area contributed by atoms with Gasteiger partial charge in [-0.1, -0.05) is 6.07 Å². The van der Waals surface area contributed by atoms with Crippen LogP contribution in [0.1, 0.15) is 42.8 Å². The molecule has 0 unspecified atom stereocenters. The van der Waals surface area contributed by atoms with Crippen molar-refractivity contribution in [2.75, 3.05) is 18.4 Å². The molecule has 0 aliphatic carbocycles. The molecule has 1 saturated heterocycles. The minimum atomic E-state index is -0.297. The third kappa shape index (κ3) is 3.83. The number of carbonyl (C=O) groups excluding carboxylic acids is 1. The maximum Gasteiger partial charge on any atom is 0.241 e. The lowest BCUT2D eigenvalue weighted by molar-refractivity contribution is -0.121. The predicted molar refractivity (Wildman–Crippen MR) is 103 cm³/mol. The van der Waals surface area contributed by atoms with Gasteiger partial charge < -0.3 is 9.88 Å². The highest BCUT2D eigenvalue weighted by molar-refractivity contribution is 5.94. The van der Waals surface area contributed by atoms with Gasteiger partial charge in [0.1, 0.15) is 5.82 Å². The predicted octanol–water partition coefficient (Wildman–Crippen LogP) is 4.22. The molecule has 1 aliphatic heterocycles. The first-order valence-electron chi connectivity index (χ1n) is 9.32. The number of nitrogens with one attached hydrogen (secondary N) is 1. The highest BCUT2D eigenvalue weighted by Gasteiger charge is 2.28. The van der Waals surface area contributed by atoms with Crippen LogP contribution in [-0.4, -0.2) is 34.5 Å². The molecule has 3 rings (SSSR count). The van der Waals surface area contributed by atoms with Gasteiger partial charge in [0.15, 0.2) is 0 Å². The molecule has 1 aliphatic rings. The number of hydrogen-bond donors (Lipinski definition) is 1. The van der Waals surface area contributed by atoms with Crippen LogP contribution in [-0.2, 0) is 4.79 Å². The molecule has 1 fully saturated rings. The number of hydrogen-bond acceptors (Lipinski definition) is 2. The molecular formula is C21H28FN3O. The summed E-state index contributed by atoms with van der Waals surface area (Å²) in [5, 5.41) is 2.84. The summed E-state index contributed by atoms with van der Waals surface area (Å²) in [6, 6.07) is 9.41. The van der Waals surface area contributed by atoms with Crippen LogP contribution in [0, 0.1) is 26.6 Å². The van der Waals surface area contributed by atoms with Crippen LogP contribution in [0.25, 0.3) is 0 Å². The highest BCUT2D eigenvalue weighted by Crippen LogP contribution is 2.27. The summed E-state index contributed by atoms with van der Waals surface area (Å²) in [5.74, 6) is -0.381. The van der Waals surface area contributed by atoms with Crippen LogP contribution in [0.2, 0.25) is 0 Å². The van der Waals surface area contributed by atoms with Crippen molar-refractivity contribution in [3.63, 3.8) is 0 Å². The zero-order chi connectivity index (χ0) is 18.8. The number of aromatic nitrogens is 1. The van der Waals surface area contributed by atoms with Crippen LogP contribution < -0.4 is 5.32 Å². The monoisotopic (exact) mass is 357 g/mol. The lowest BCUT2D eigenvalue weighted by Crippen LogP contribution is -2.46. The molecule has 0 spiro atoms. The van der Waals surface area contributed by atoms with Gasteiger partial charge in [-0.05, 0) is 70.4 Å². The second-order valence-electron chi connectivity index (χ2n) is 7.38. The van der Waals surface area contributed by atoms with Crippen molar-refractivity contribution in [2.24, 2.45) is 0 Å². The quantitative estimate of drug-likeness (QED) is 0.890. The fraction of sp³-hybridized carbons (Fsp3) is 0.476. The van der Waals surface area contributed by atoms with E-state index in [1.165, 1.54) is 17.5 Å². The Balaban J connectivity index is 1.58. The SMILES string of the molecule is Cc1ccc(NC(=O)[C@@H](C)N2CCC(n3c(C)ccc3C)CC2)cc1F. The zero-order valence-electron chi connectivity index (χ0n) is 16.1. The Morgan fingerprint density at radius 1 is 1.12 bits per heavy atom. The first kappa shape index (κ1) is 18.6. The van der Waals surface area contributed by atoms with E-state index in [4.69, 9.17) is 0 Å². The van der Waals surface area contributed by atoms with Gasteiger partial charge >= 0.3 is 0 Å². The zero-order valence-corrected chi connectivity index (χ0v) is 16.1. The Hall–Kier alpha value is -2.14. The number of anilines is 1. The number of amides is 1. The maximum absolute atomic E-state index is 13.7. The van der Waals surface area contributed by atoms with Gasteiger partial charge in [-0.15, -0.1) is 0 Å². The fourth-order valence-corrected chi connectivity index (χ4v) is 3.87. The van der Waals surface area contributed by atoms with Gasteiger partial charge in [0.2, 0.25) is 5.91 Å². The standard InChI is InChI=1S/C21H28FN3O/c1-14-5-8-18(13-20(14)22)23-21(26)17(4)24-11-9-19(10-12-24)25-15(2)6-7-16(25)3/h5-8,13,17,19H,9-12H2,1-4H3,(H,23,26)/t17-/m1/s1. The average Bonchev–Trinajstić information content (AvgIpc) is 2.96. The topological polar surface area (TPSA) is 37.3 Å². The minimum absolute atomic E-state index is 0.0833. The van der Waals surface area contributed by atoms with Crippen molar-refractivity contribution >= 4 is 11.6 Å². The molecular weight excluding hydrogens is 329 g/mol. The average molecular weight is 357 g/mol. The van der Waals surface area contributed by atoms with Gasteiger partial charge in [-0.2, -0.15) is 0 Å². The Labute approximate surface area is 155 Å². The van der Waals surface area contributed by atoms with Gasteiger partial charge in [-0.25, -0.2) is 4.39 Å². The Morgan fingerprint density at radius 3 is 2.31 bits per heavy atom. The van der Waals surface area contributed by atoms with E-state index >= 15 is 0 Å². The molecule has 140 valence electrons. The summed E-state index contributed by atoms with van der Waals surface area (Å²) in [7, 11) is 0. The number of nitrogens with zero attached hydrogens (tertiary/aromatic N) is 2. The van der Waals surface area contributed by atoms with Crippen molar-refractivity contribution in [1.29, 1.82) is 0 Å². The van der Waals surface area contributed by atoms with E-state index in [9.17, 15) is 9.18 Å². The molecule has 0 saturated carbocycles. The molecule has 0 bridgehead atoms. The van der Waals surface area contributed by atoms with Crippen molar-refractivity contribution < 1.29 is 9.18 Å². The van der Waals surface area contributed by atoms with E-state index < -0.39 is 0 Å². The van der Waals surface area contributed by atoms with Crippen LogP contribution in [0.5, 0.6) is 0 Å². The number of carbonyl (C=O) groups is 1. The molecule has 5 heteroatoms. The number of halogens is 1. The molecule has 26 heavy (non-hydrogen) atoms. The molecule has 4 nitrogen and oxygen atoms in total. The summed E-state index contributed by atoms with van der Waals surface area (Å²) in [4.78, 5) is 14.8. The number of benzene rings is 1. The first-order chi connectivity index (χ1) is 12.4. The second kappa shape index (κ2) is 7.62. The number of aryl methyl sites for hydroxylation is 3. The number of piperidine rings is 1. The Kier molecular flexibility index (Phi) is 5.47. The summed E-state index contributed by atoms with van der Waals surface area (Å²) < 4.78 is 16.1. The van der Waals surface area contributed by atoms with Gasteiger partial charge in [0.25, 0.3) is 0 Å². The first-order valence-corrected chi connectivity index (χ1v) is 9.32. The molecule has 1 aromatic heterocycles. The van der Waals surface area contributed by atoms with Gasteiger partial charge in [0.05, 0.1) is 6.04 Å². The summed E-state index contributed by atoms with van der Waals surface area (Å²) in [6.45, 7) is 9.71. The Morgan fingerprint density at radius 2 is 1.73 bits per heavy atom. The van der Waals surface area contributed by atoms with E-state index in [1.807, 2.05) is 6.92 Å². The fourth-order valence-electron chi connectivity index (χ4n) is 3.87. The van der Waals surface area contributed by atoms with Crippen molar-refractivity contribution in [3.8, 4) is 0 Å². The molecule has 1 aromatic carbocycles. The molecule has 2 heterocycles. The van der Waals surface area contributed by atoms with E-state index in [-0.39, 0.29) is 17.8 Å².